The molecule has 0 bridgehead atoms. The summed E-state index contributed by atoms with van der Waals surface area (Å²) >= 11 is 0. The first kappa shape index (κ1) is 14.6. The van der Waals surface area contributed by atoms with Crippen molar-refractivity contribution in [2.75, 3.05) is 19.6 Å². The van der Waals surface area contributed by atoms with Gasteiger partial charge in [-0.1, -0.05) is 12.1 Å². The maximum atomic E-state index is 12.4. The monoisotopic (exact) mass is 287 g/mol. The summed E-state index contributed by atoms with van der Waals surface area (Å²) in [5, 5.41) is 8.43. The summed E-state index contributed by atoms with van der Waals surface area (Å²) in [5.74, 6) is 0.465. The van der Waals surface area contributed by atoms with E-state index in [2.05, 4.69) is 16.0 Å². The summed E-state index contributed by atoms with van der Waals surface area (Å²) in [7, 11) is 0. The Morgan fingerprint density at radius 2 is 1.85 bits per heavy atom. The molecule has 1 aliphatic heterocycles. The van der Waals surface area contributed by atoms with Gasteiger partial charge < -0.3 is 16.0 Å². The van der Waals surface area contributed by atoms with Gasteiger partial charge in [0.15, 0.2) is 0 Å². The van der Waals surface area contributed by atoms with Gasteiger partial charge >= 0.3 is 12.2 Å². The minimum Gasteiger partial charge on any atom is -0.338 e. The standard InChI is InChI=1S/C13H16F3N3O/c14-13(15,16)11-3-1-9(2-4-11)7-18-12(20)19-8-10-5-17-6-10/h1-4,10,17H,5-8H2,(H2,18,19,20). The Balaban J connectivity index is 1.74. The van der Waals surface area contributed by atoms with Crippen molar-refractivity contribution in [2.45, 2.75) is 12.7 Å². The summed E-state index contributed by atoms with van der Waals surface area (Å²) in [4.78, 5) is 11.5. The first-order chi connectivity index (χ1) is 9.45. The first-order valence-electron chi connectivity index (χ1n) is 6.33. The molecule has 1 saturated heterocycles. The predicted molar refractivity (Wildman–Crippen MR) is 68.0 cm³/mol. The highest BCUT2D eigenvalue weighted by molar-refractivity contribution is 5.73. The molecular weight excluding hydrogens is 271 g/mol. The van der Waals surface area contributed by atoms with Crippen LogP contribution in [0.15, 0.2) is 24.3 Å². The average molecular weight is 287 g/mol. The lowest BCUT2D eigenvalue weighted by molar-refractivity contribution is -0.137. The van der Waals surface area contributed by atoms with E-state index in [9.17, 15) is 18.0 Å². The molecule has 0 radical (unpaired) electrons. The molecular formula is C13H16F3N3O. The van der Waals surface area contributed by atoms with E-state index in [-0.39, 0.29) is 12.6 Å². The van der Waals surface area contributed by atoms with E-state index in [1.165, 1.54) is 12.1 Å². The molecule has 1 fully saturated rings. The molecule has 20 heavy (non-hydrogen) atoms. The molecule has 2 amide bonds. The average Bonchev–Trinajstić information content (AvgIpc) is 2.34. The summed E-state index contributed by atoms with van der Waals surface area (Å²) in [5.41, 5.74) is -0.0679. The number of halogens is 3. The largest absolute Gasteiger partial charge is 0.416 e. The Hall–Kier alpha value is -1.76. The molecule has 1 aliphatic rings. The van der Waals surface area contributed by atoms with Crippen molar-refractivity contribution in [3.8, 4) is 0 Å². The van der Waals surface area contributed by atoms with E-state index in [0.29, 0.717) is 18.0 Å². The van der Waals surface area contributed by atoms with Crippen LogP contribution in [0.1, 0.15) is 11.1 Å². The third-order valence-electron chi connectivity index (χ3n) is 3.15. The number of nitrogens with one attached hydrogen (secondary N) is 3. The number of hydrogen-bond donors (Lipinski definition) is 3. The molecule has 1 heterocycles. The summed E-state index contributed by atoms with van der Waals surface area (Å²) in [6.07, 6.45) is -4.33. The zero-order chi connectivity index (χ0) is 14.6. The highest BCUT2D eigenvalue weighted by Gasteiger charge is 2.29. The number of rotatable bonds is 4. The fourth-order valence-electron chi connectivity index (χ4n) is 1.79. The van der Waals surface area contributed by atoms with Crippen LogP contribution in [0, 0.1) is 5.92 Å². The van der Waals surface area contributed by atoms with Gasteiger partial charge in [-0.3, -0.25) is 0 Å². The molecule has 0 aliphatic carbocycles. The minimum atomic E-state index is -4.33. The lowest BCUT2D eigenvalue weighted by Gasteiger charge is -2.27. The molecule has 110 valence electrons. The highest BCUT2D eigenvalue weighted by atomic mass is 19.4. The van der Waals surface area contributed by atoms with Crippen molar-refractivity contribution in [3.63, 3.8) is 0 Å². The van der Waals surface area contributed by atoms with Gasteiger partial charge in [-0.05, 0) is 17.7 Å². The van der Waals surface area contributed by atoms with Crippen molar-refractivity contribution in [1.82, 2.24) is 16.0 Å². The van der Waals surface area contributed by atoms with Gasteiger partial charge in [-0.2, -0.15) is 13.2 Å². The van der Waals surface area contributed by atoms with Crippen LogP contribution in [0.25, 0.3) is 0 Å². The van der Waals surface area contributed by atoms with Crippen LogP contribution in [0.3, 0.4) is 0 Å². The summed E-state index contributed by atoms with van der Waals surface area (Å²) in [6.45, 7) is 2.61. The number of carbonyl (C=O) groups excluding carboxylic acids is 1. The van der Waals surface area contributed by atoms with Crippen LogP contribution in [-0.4, -0.2) is 25.7 Å². The zero-order valence-electron chi connectivity index (χ0n) is 10.8. The van der Waals surface area contributed by atoms with E-state index in [4.69, 9.17) is 0 Å². The topological polar surface area (TPSA) is 53.2 Å². The number of hydrogen-bond acceptors (Lipinski definition) is 2. The Morgan fingerprint density at radius 3 is 2.35 bits per heavy atom. The Morgan fingerprint density at radius 1 is 1.20 bits per heavy atom. The number of carbonyl (C=O) groups is 1. The zero-order valence-corrected chi connectivity index (χ0v) is 10.8. The molecule has 4 nitrogen and oxygen atoms in total. The van der Waals surface area contributed by atoms with E-state index >= 15 is 0 Å². The van der Waals surface area contributed by atoms with Gasteiger partial charge in [0.25, 0.3) is 0 Å². The number of urea groups is 1. The normalized spacial score (nSPS) is 15.6. The quantitative estimate of drug-likeness (QED) is 0.790. The Kier molecular flexibility index (Phi) is 4.49. The van der Waals surface area contributed by atoms with Crippen molar-refractivity contribution in [3.05, 3.63) is 35.4 Å². The van der Waals surface area contributed by atoms with Crippen LogP contribution in [0.2, 0.25) is 0 Å². The Bertz CT molecular complexity index is 455. The van der Waals surface area contributed by atoms with E-state index in [0.717, 1.165) is 25.2 Å². The molecule has 2 rings (SSSR count). The first-order valence-corrected chi connectivity index (χ1v) is 6.33. The lowest BCUT2D eigenvalue weighted by Crippen LogP contribution is -2.49. The summed E-state index contributed by atoms with van der Waals surface area (Å²) in [6, 6.07) is 4.43. The third-order valence-corrected chi connectivity index (χ3v) is 3.15. The molecule has 0 unspecified atom stereocenters. The van der Waals surface area contributed by atoms with Crippen LogP contribution >= 0.6 is 0 Å². The SMILES string of the molecule is O=C(NCc1ccc(C(F)(F)F)cc1)NCC1CNC1. The second-order valence-corrected chi connectivity index (χ2v) is 4.78. The molecule has 0 atom stereocenters. The van der Waals surface area contributed by atoms with E-state index in [1.807, 2.05) is 0 Å². The van der Waals surface area contributed by atoms with Crippen LogP contribution in [0.5, 0.6) is 0 Å². The van der Waals surface area contributed by atoms with Crippen LogP contribution in [0.4, 0.5) is 18.0 Å². The second-order valence-electron chi connectivity index (χ2n) is 4.78. The maximum Gasteiger partial charge on any atom is 0.416 e. The molecule has 7 heteroatoms. The van der Waals surface area contributed by atoms with Crippen molar-refractivity contribution < 1.29 is 18.0 Å². The number of amides is 2. The predicted octanol–water partition coefficient (Wildman–Crippen LogP) is 1.72. The van der Waals surface area contributed by atoms with Crippen LogP contribution in [-0.2, 0) is 12.7 Å². The van der Waals surface area contributed by atoms with Crippen molar-refractivity contribution >= 4 is 6.03 Å². The molecule has 3 N–H and O–H groups in total. The molecule has 1 aromatic carbocycles. The molecule has 1 aromatic rings. The van der Waals surface area contributed by atoms with Gasteiger partial charge in [-0.25, -0.2) is 4.79 Å². The van der Waals surface area contributed by atoms with E-state index in [1.54, 1.807) is 0 Å². The smallest absolute Gasteiger partial charge is 0.338 e. The maximum absolute atomic E-state index is 12.4. The number of benzene rings is 1. The lowest BCUT2D eigenvalue weighted by atomic mass is 10.0. The van der Waals surface area contributed by atoms with Gasteiger partial charge in [0.1, 0.15) is 0 Å². The molecule has 0 aromatic heterocycles. The van der Waals surface area contributed by atoms with Gasteiger partial charge in [0.2, 0.25) is 0 Å². The van der Waals surface area contributed by atoms with Crippen molar-refractivity contribution in [1.29, 1.82) is 0 Å². The van der Waals surface area contributed by atoms with Gasteiger partial charge in [0, 0.05) is 32.1 Å². The number of alkyl halides is 3. The molecule has 0 spiro atoms. The van der Waals surface area contributed by atoms with E-state index < -0.39 is 11.7 Å². The minimum absolute atomic E-state index is 0.201. The fourth-order valence-corrected chi connectivity index (χ4v) is 1.79. The van der Waals surface area contributed by atoms with Gasteiger partial charge in [-0.15, -0.1) is 0 Å². The van der Waals surface area contributed by atoms with Gasteiger partial charge in [0.05, 0.1) is 5.56 Å². The Labute approximate surface area is 114 Å². The summed E-state index contributed by atoms with van der Waals surface area (Å²) < 4.78 is 37.1. The third kappa shape index (κ3) is 4.12. The molecule has 0 saturated carbocycles. The van der Waals surface area contributed by atoms with Crippen LogP contribution < -0.4 is 16.0 Å². The fraction of sp³-hybridized carbons (Fsp3) is 0.462. The second kappa shape index (κ2) is 6.13. The highest BCUT2D eigenvalue weighted by Crippen LogP contribution is 2.28. The van der Waals surface area contributed by atoms with Crippen molar-refractivity contribution in [2.24, 2.45) is 5.92 Å².